The van der Waals surface area contributed by atoms with E-state index in [1.54, 1.807) is 6.07 Å². The van der Waals surface area contributed by atoms with Crippen molar-refractivity contribution in [1.82, 2.24) is 5.32 Å². The minimum absolute atomic E-state index is 0.0996. The summed E-state index contributed by atoms with van der Waals surface area (Å²) in [5.41, 5.74) is -0.750. The van der Waals surface area contributed by atoms with Gasteiger partial charge in [0.1, 0.15) is 11.4 Å². The van der Waals surface area contributed by atoms with E-state index in [2.05, 4.69) is 5.32 Å². The van der Waals surface area contributed by atoms with E-state index in [1.807, 2.05) is 6.07 Å². The Morgan fingerprint density at radius 1 is 1.16 bits per heavy atom. The molecule has 104 valence electrons. The van der Waals surface area contributed by atoms with Crippen molar-refractivity contribution in [3.63, 3.8) is 0 Å². The summed E-state index contributed by atoms with van der Waals surface area (Å²) >= 11 is 0. The van der Waals surface area contributed by atoms with Gasteiger partial charge in [0.15, 0.2) is 0 Å². The van der Waals surface area contributed by atoms with Crippen LogP contribution < -0.4 is 5.32 Å². The second kappa shape index (κ2) is 4.20. The van der Waals surface area contributed by atoms with Gasteiger partial charge in [0.25, 0.3) is 0 Å². The fourth-order valence-corrected chi connectivity index (χ4v) is 2.79. The van der Waals surface area contributed by atoms with Gasteiger partial charge in [-0.3, -0.25) is 0 Å². The van der Waals surface area contributed by atoms with Gasteiger partial charge in [0.2, 0.25) is 0 Å². The maximum absolute atomic E-state index is 13.1. The van der Waals surface area contributed by atoms with Gasteiger partial charge in [-0.25, -0.2) is 4.39 Å². The lowest BCUT2D eigenvalue weighted by molar-refractivity contribution is -0.169. The summed E-state index contributed by atoms with van der Waals surface area (Å²) in [6, 6.07) is 6.22. The first kappa shape index (κ1) is 12.9. The molecule has 0 amide bonds. The van der Waals surface area contributed by atoms with Gasteiger partial charge < -0.3 is 5.32 Å². The maximum Gasteiger partial charge on any atom is 0.406 e. The van der Waals surface area contributed by atoms with Crippen LogP contribution in [0, 0.1) is 5.82 Å². The van der Waals surface area contributed by atoms with E-state index in [4.69, 9.17) is 0 Å². The summed E-state index contributed by atoms with van der Waals surface area (Å²) in [4.78, 5) is 0. The molecule has 0 aliphatic heterocycles. The van der Waals surface area contributed by atoms with E-state index in [9.17, 15) is 17.6 Å². The summed E-state index contributed by atoms with van der Waals surface area (Å²) in [7, 11) is 0. The van der Waals surface area contributed by atoms with E-state index in [-0.39, 0.29) is 30.6 Å². The van der Waals surface area contributed by atoms with Crippen LogP contribution in [0.3, 0.4) is 0 Å². The van der Waals surface area contributed by atoms with Crippen molar-refractivity contribution in [1.29, 1.82) is 0 Å². The van der Waals surface area contributed by atoms with Crippen molar-refractivity contribution in [2.45, 2.75) is 49.4 Å². The molecular weight excluding hydrogens is 258 g/mol. The molecule has 2 saturated carbocycles. The fourth-order valence-electron chi connectivity index (χ4n) is 2.79. The Morgan fingerprint density at radius 2 is 1.84 bits per heavy atom. The van der Waals surface area contributed by atoms with Crippen LogP contribution in [0.25, 0.3) is 0 Å². The molecule has 0 atom stereocenters. The molecule has 1 nitrogen and oxygen atoms in total. The molecule has 3 rings (SSSR count). The number of nitrogens with one attached hydrogen (secondary N) is 1. The Kier molecular flexibility index (Phi) is 2.85. The van der Waals surface area contributed by atoms with E-state index in [1.165, 1.54) is 12.1 Å². The highest BCUT2D eigenvalue weighted by atomic mass is 19.4. The van der Waals surface area contributed by atoms with Gasteiger partial charge in [0, 0.05) is 6.04 Å². The lowest BCUT2D eigenvalue weighted by Crippen LogP contribution is -2.53. The Labute approximate surface area is 109 Å². The molecule has 19 heavy (non-hydrogen) atoms. The van der Waals surface area contributed by atoms with Crippen LogP contribution in [0.5, 0.6) is 0 Å². The van der Waals surface area contributed by atoms with Crippen molar-refractivity contribution in [2.75, 3.05) is 0 Å². The quantitative estimate of drug-likeness (QED) is 0.827. The van der Waals surface area contributed by atoms with Gasteiger partial charge >= 0.3 is 6.18 Å². The van der Waals surface area contributed by atoms with Crippen LogP contribution in [0.4, 0.5) is 17.6 Å². The topological polar surface area (TPSA) is 12.0 Å². The Hall–Kier alpha value is -1.10. The molecule has 1 aromatic rings. The zero-order valence-electron chi connectivity index (χ0n) is 10.3. The van der Waals surface area contributed by atoms with Gasteiger partial charge in [0.05, 0.1) is 0 Å². The van der Waals surface area contributed by atoms with E-state index < -0.39 is 11.7 Å². The molecule has 1 aromatic carbocycles. The third kappa shape index (κ3) is 2.36. The predicted molar refractivity (Wildman–Crippen MR) is 63.3 cm³/mol. The molecule has 0 aromatic heterocycles. The number of benzene rings is 1. The van der Waals surface area contributed by atoms with Crippen LogP contribution in [-0.2, 0) is 0 Å². The molecule has 0 bridgehead atoms. The van der Waals surface area contributed by atoms with Crippen LogP contribution in [-0.4, -0.2) is 17.8 Å². The minimum atomic E-state index is -4.16. The van der Waals surface area contributed by atoms with Gasteiger partial charge in [-0.15, -0.1) is 0 Å². The first-order valence-corrected chi connectivity index (χ1v) is 6.49. The standard InChI is InChI=1S/C14H15F4N/c15-11-3-1-2-9(6-11)10-7-12(8-10)19-13(4-5-13)14(16,17)18/h1-3,6,10,12,19H,4-5,7-8H2. The molecule has 0 unspecified atom stereocenters. The highest BCUT2D eigenvalue weighted by molar-refractivity contribution is 5.24. The fraction of sp³-hybridized carbons (Fsp3) is 0.571. The summed E-state index contributed by atoms with van der Waals surface area (Å²) < 4.78 is 51.4. The van der Waals surface area contributed by atoms with Gasteiger partial charge in [-0.1, -0.05) is 12.1 Å². The number of rotatable bonds is 3. The number of halogens is 4. The third-order valence-electron chi connectivity index (χ3n) is 4.23. The Morgan fingerprint density at radius 3 is 2.37 bits per heavy atom. The van der Waals surface area contributed by atoms with Crippen LogP contribution in [0.1, 0.15) is 37.2 Å². The average Bonchev–Trinajstić information content (AvgIpc) is 3.03. The van der Waals surface area contributed by atoms with Crippen molar-refractivity contribution >= 4 is 0 Å². The molecule has 1 N–H and O–H groups in total. The molecule has 0 spiro atoms. The van der Waals surface area contributed by atoms with Crippen LogP contribution in [0.15, 0.2) is 24.3 Å². The molecule has 5 heteroatoms. The zero-order valence-corrected chi connectivity index (χ0v) is 10.3. The SMILES string of the molecule is Fc1cccc(C2CC(NC3(C(F)(F)F)CC3)C2)c1. The Bertz CT molecular complexity index is 473. The lowest BCUT2D eigenvalue weighted by Gasteiger charge is -2.39. The minimum Gasteiger partial charge on any atom is -0.301 e. The largest absolute Gasteiger partial charge is 0.406 e. The average molecular weight is 273 g/mol. The van der Waals surface area contributed by atoms with Crippen molar-refractivity contribution in [3.8, 4) is 0 Å². The molecule has 0 heterocycles. The van der Waals surface area contributed by atoms with Gasteiger partial charge in [-0.2, -0.15) is 13.2 Å². The molecule has 0 radical (unpaired) electrons. The zero-order chi connectivity index (χ0) is 13.7. The smallest absolute Gasteiger partial charge is 0.301 e. The van der Waals surface area contributed by atoms with Crippen molar-refractivity contribution < 1.29 is 17.6 Å². The molecule has 2 fully saturated rings. The predicted octanol–water partition coefficient (Wildman–Crippen LogP) is 3.76. The Balaban J connectivity index is 1.57. The highest BCUT2D eigenvalue weighted by Crippen LogP contribution is 2.51. The van der Waals surface area contributed by atoms with Crippen molar-refractivity contribution in [2.24, 2.45) is 0 Å². The monoisotopic (exact) mass is 273 g/mol. The van der Waals surface area contributed by atoms with Crippen LogP contribution in [0.2, 0.25) is 0 Å². The van der Waals surface area contributed by atoms with E-state index >= 15 is 0 Å². The summed E-state index contributed by atoms with van der Waals surface area (Å²) in [6.45, 7) is 0. The third-order valence-corrected chi connectivity index (χ3v) is 4.23. The van der Waals surface area contributed by atoms with Crippen molar-refractivity contribution in [3.05, 3.63) is 35.6 Å². The van der Waals surface area contributed by atoms with E-state index in [0.29, 0.717) is 12.8 Å². The normalized spacial score (nSPS) is 28.8. The molecule has 2 aliphatic carbocycles. The lowest BCUT2D eigenvalue weighted by atomic mass is 9.75. The summed E-state index contributed by atoms with van der Waals surface area (Å²) in [5, 5.41) is 2.74. The molecule has 0 saturated heterocycles. The number of alkyl halides is 3. The molecule has 2 aliphatic rings. The second-order valence-electron chi connectivity index (χ2n) is 5.64. The molecular formula is C14H15F4N. The van der Waals surface area contributed by atoms with Gasteiger partial charge in [-0.05, 0) is 49.3 Å². The number of hydrogen-bond donors (Lipinski definition) is 1. The number of hydrogen-bond acceptors (Lipinski definition) is 1. The van der Waals surface area contributed by atoms with E-state index in [0.717, 1.165) is 5.56 Å². The highest BCUT2D eigenvalue weighted by Gasteiger charge is 2.64. The summed E-state index contributed by atoms with van der Waals surface area (Å²) in [6.07, 6.45) is -2.49. The first-order chi connectivity index (χ1) is 8.90. The maximum atomic E-state index is 13.1. The van der Waals surface area contributed by atoms with Crippen LogP contribution >= 0.6 is 0 Å². The second-order valence-corrected chi connectivity index (χ2v) is 5.64. The first-order valence-electron chi connectivity index (χ1n) is 6.49. The summed E-state index contributed by atoms with van der Waals surface area (Å²) in [5.74, 6) is -0.111.